The van der Waals surface area contributed by atoms with Crippen LogP contribution in [0.1, 0.15) is 11.1 Å². The summed E-state index contributed by atoms with van der Waals surface area (Å²) in [5.74, 6) is 0.385. The van der Waals surface area contributed by atoms with Gasteiger partial charge in [-0.1, -0.05) is 60.7 Å². The van der Waals surface area contributed by atoms with Gasteiger partial charge >= 0.3 is 0 Å². The summed E-state index contributed by atoms with van der Waals surface area (Å²) >= 11 is 0. The lowest BCUT2D eigenvalue weighted by molar-refractivity contribution is -0.00000478. The van der Waals surface area contributed by atoms with Crippen LogP contribution < -0.4 is 35.4 Å². The van der Waals surface area contributed by atoms with E-state index < -0.39 is 0 Å². The van der Waals surface area contributed by atoms with Gasteiger partial charge in [0.05, 0.1) is 0 Å². The maximum absolute atomic E-state index is 7.01. The van der Waals surface area contributed by atoms with Gasteiger partial charge in [-0.25, -0.2) is 0 Å². The van der Waals surface area contributed by atoms with E-state index in [0.717, 1.165) is 11.1 Å². The molecule has 2 aromatic rings. The van der Waals surface area contributed by atoms with Crippen molar-refractivity contribution in [2.24, 2.45) is 16.6 Å². The molecule has 0 spiro atoms. The van der Waals surface area contributed by atoms with E-state index in [4.69, 9.17) is 23.4 Å². The van der Waals surface area contributed by atoms with Gasteiger partial charge in [0.25, 0.3) is 0 Å². The van der Waals surface area contributed by atoms with Gasteiger partial charge in [-0.05, 0) is 0 Å². The normalized spacial score (nSPS) is 8.95. The van der Waals surface area contributed by atoms with E-state index >= 15 is 0 Å². The van der Waals surface area contributed by atoms with Crippen molar-refractivity contribution in [1.82, 2.24) is 0 Å². The van der Waals surface area contributed by atoms with Crippen molar-refractivity contribution in [3.63, 3.8) is 0 Å². The SMILES string of the molecule is Cl.N=C(N)c1ccccc1.[C-]#[N+]N=C(N)c1ccccc1.[I-]. The zero-order valence-electron chi connectivity index (χ0n) is 11.6. The van der Waals surface area contributed by atoms with Crippen molar-refractivity contribution < 1.29 is 24.0 Å². The molecule has 0 radical (unpaired) electrons. The number of nitrogen functional groups attached to an aromatic ring is 1. The van der Waals surface area contributed by atoms with Crippen LogP contribution in [0.25, 0.3) is 4.95 Å². The lowest BCUT2D eigenvalue weighted by atomic mass is 10.2. The molecular weight excluding hydrogens is 413 g/mol. The number of nitrogens with zero attached hydrogens (tertiary/aromatic N) is 2. The summed E-state index contributed by atoms with van der Waals surface area (Å²) in [6.07, 6.45) is 0. The third kappa shape index (κ3) is 8.24. The second kappa shape index (κ2) is 12.6. The number of benzene rings is 2. The Balaban J connectivity index is 0. The maximum Gasteiger partial charge on any atom is 0.214 e. The van der Waals surface area contributed by atoms with E-state index in [-0.39, 0.29) is 48.1 Å². The Morgan fingerprint density at radius 2 is 1.32 bits per heavy atom. The lowest BCUT2D eigenvalue weighted by Gasteiger charge is -1.93. The van der Waals surface area contributed by atoms with Crippen LogP contribution in [0.2, 0.25) is 0 Å². The van der Waals surface area contributed by atoms with E-state index in [1.807, 2.05) is 60.7 Å². The van der Waals surface area contributed by atoms with Gasteiger partial charge in [-0.15, -0.1) is 17.4 Å². The van der Waals surface area contributed by atoms with Crippen molar-refractivity contribution in [2.45, 2.75) is 0 Å². The van der Waals surface area contributed by atoms with Crippen molar-refractivity contribution >= 4 is 24.1 Å². The number of amidine groups is 2. The molecule has 0 heterocycles. The fraction of sp³-hybridized carbons (Fsp3) is 0. The third-order valence-corrected chi connectivity index (χ3v) is 2.31. The first-order chi connectivity index (χ1) is 9.65. The molecule has 116 valence electrons. The van der Waals surface area contributed by atoms with Crippen molar-refractivity contribution in [3.8, 4) is 0 Å². The quantitative estimate of drug-likeness (QED) is 0.200. The molecule has 0 saturated heterocycles. The number of nitrogens with one attached hydrogen (secondary N) is 1. The van der Waals surface area contributed by atoms with E-state index in [2.05, 4.69) is 10.1 Å². The predicted molar refractivity (Wildman–Crippen MR) is 88.5 cm³/mol. The second-order valence-corrected chi connectivity index (χ2v) is 3.73. The highest BCUT2D eigenvalue weighted by atomic mass is 127. The van der Waals surface area contributed by atoms with Crippen LogP contribution in [0.5, 0.6) is 0 Å². The van der Waals surface area contributed by atoms with Crippen LogP contribution in [0.4, 0.5) is 0 Å². The summed E-state index contributed by atoms with van der Waals surface area (Å²) < 4.78 is 0. The zero-order chi connectivity index (χ0) is 14.8. The molecule has 0 atom stereocenters. The Morgan fingerprint density at radius 1 is 0.909 bits per heavy atom. The van der Waals surface area contributed by atoms with E-state index in [1.54, 1.807) is 0 Å². The Labute approximate surface area is 153 Å². The monoisotopic (exact) mass is 428 g/mol. The first kappa shape index (κ1) is 22.2. The van der Waals surface area contributed by atoms with Crippen LogP contribution in [0.15, 0.2) is 65.8 Å². The third-order valence-electron chi connectivity index (χ3n) is 2.31. The summed E-state index contributed by atoms with van der Waals surface area (Å²) in [6.45, 7) is 6.44. The number of halogens is 2. The molecule has 0 amide bonds. The largest absolute Gasteiger partial charge is 1.00 e. The van der Waals surface area contributed by atoms with E-state index in [1.165, 1.54) is 0 Å². The van der Waals surface area contributed by atoms with Crippen LogP contribution >= 0.6 is 12.4 Å². The molecule has 0 aliphatic carbocycles. The number of nitrogens with two attached hydrogens (primary N) is 2. The first-order valence-electron chi connectivity index (χ1n) is 5.80. The van der Waals surface area contributed by atoms with Crippen LogP contribution in [0.3, 0.4) is 0 Å². The number of hydrogen-bond acceptors (Lipinski definition) is 2. The minimum atomic E-state index is 0. The van der Waals surface area contributed by atoms with Gasteiger partial charge in [0, 0.05) is 11.1 Å². The molecule has 2 aromatic carbocycles. The topological polar surface area (TPSA) is 92.6 Å². The summed E-state index contributed by atoms with van der Waals surface area (Å²) in [6, 6.07) is 18.4. The van der Waals surface area contributed by atoms with Gasteiger partial charge in [-0.3, -0.25) is 5.41 Å². The molecule has 0 unspecified atom stereocenters. The van der Waals surface area contributed by atoms with E-state index in [9.17, 15) is 0 Å². The van der Waals surface area contributed by atoms with Gasteiger partial charge in [0.1, 0.15) is 10.9 Å². The van der Waals surface area contributed by atoms with Gasteiger partial charge in [0.15, 0.2) is 0 Å². The fourth-order valence-corrected chi connectivity index (χ4v) is 1.34. The lowest BCUT2D eigenvalue weighted by Crippen LogP contribution is -3.00. The van der Waals surface area contributed by atoms with Gasteiger partial charge in [0.2, 0.25) is 5.84 Å². The summed E-state index contributed by atoms with van der Waals surface area (Å²) in [5, 5.41) is 10.4. The average molecular weight is 429 g/mol. The molecule has 5 nitrogen and oxygen atoms in total. The zero-order valence-corrected chi connectivity index (χ0v) is 14.6. The van der Waals surface area contributed by atoms with Crippen molar-refractivity contribution in [3.05, 3.63) is 83.3 Å². The second-order valence-electron chi connectivity index (χ2n) is 3.73. The molecule has 2 rings (SSSR count). The van der Waals surface area contributed by atoms with Crippen LogP contribution in [-0.4, -0.2) is 11.7 Å². The fourth-order valence-electron chi connectivity index (χ4n) is 1.34. The highest BCUT2D eigenvalue weighted by molar-refractivity contribution is 5.97. The predicted octanol–water partition coefficient (Wildman–Crippen LogP) is -0.377. The summed E-state index contributed by atoms with van der Waals surface area (Å²) in [5.41, 5.74) is 12.2. The van der Waals surface area contributed by atoms with Crippen LogP contribution in [-0.2, 0) is 0 Å². The highest BCUT2D eigenvalue weighted by Gasteiger charge is 1.97. The molecule has 0 saturated carbocycles. The van der Waals surface area contributed by atoms with E-state index in [0.29, 0.717) is 0 Å². The molecule has 0 bridgehead atoms. The first-order valence-corrected chi connectivity index (χ1v) is 5.80. The summed E-state index contributed by atoms with van der Waals surface area (Å²) in [7, 11) is 0. The smallest absolute Gasteiger partial charge is 0.214 e. The van der Waals surface area contributed by atoms with Crippen molar-refractivity contribution in [1.29, 1.82) is 5.41 Å². The van der Waals surface area contributed by atoms with Gasteiger partial charge < -0.3 is 35.4 Å². The molecule has 0 aliphatic rings. The molecule has 0 fully saturated rings. The van der Waals surface area contributed by atoms with Crippen molar-refractivity contribution in [2.75, 3.05) is 0 Å². The summed E-state index contributed by atoms with van der Waals surface area (Å²) in [4.78, 5) is 2.82. The molecule has 0 aromatic heterocycles. The maximum atomic E-state index is 7.01. The standard InChI is InChI=1S/C8H7N3.C7H8N2.ClH.HI/c1-10-11-8(9)7-5-3-2-4-6-7;8-7(9)6-4-2-1-3-5-6;;/h2-6H,(H2,9,11);1-5H,(H3,8,9);2*1H/p-1. The minimum Gasteiger partial charge on any atom is -1.00 e. The van der Waals surface area contributed by atoms with Gasteiger partial charge in [-0.2, -0.15) is 6.57 Å². The molecule has 0 aliphatic heterocycles. The Morgan fingerprint density at radius 3 is 1.64 bits per heavy atom. The van der Waals surface area contributed by atoms with Crippen LogP contribution in [0, 0.1) is 12.0 Å². The molecule has 5 N–H and O–H groups in total. The Hall–Kier alpha value is -2.11. The highest BCUT2D eigenvalue weighted by Crippen LogP contribution is 1.97. The molecule has 7 heteroatoms. The number of rotatable bonds is 2. The average Bonchev–Trinajstić information content (AvgIpc) is 2.50. The molecular formula is C15H16ClIN5-. The Kier molecular flexibility index (Phi) is 12.7. The molecule has 22 heavy (non-hydrogen) atoms. The number of hydrogen-bond donors (Lipinski definition) is 3. The minimum absolute atomic E-state index is 0. The Bertz CT molecular complexity index is 623.